The number of rotatable bonds is 2. The number of nitrogen functional groups attached to an aromatic ring is 1. The molecule has 2 aromatic heterocycles. The molecule has 3 rings (SSSR count). The van der Waals surface area contributed by atoms with E-state index in [1.807, 2.05) is 36.6 Å². The van der Waals surface area contributed by atoms with Crippen molar-refractivity contribution in [3.63, 3.8) is 0 Å². The number of aromatic nitrogens is 2. The Morgan fingerprint density at radius 1 is 1.37 bits per heavy atom. The zero-order chi connectivity index (χ0) is 13.4. The van der Waals surface area contributed by atoms with Crippen LogP contribution in [0.4, 0.5) is 5.69 Å². The highest BCUT2D eigenvalue weighted by Crippen LogP contribution is 2.31. The Labute approximate surface area is 122 Å². The summed E-state index contributed by atoms with van der Waals surface area (Å²) in [5.74, 6) is 1.08. The number of anilines is 1. The van der Waals surface area contributed by atoms with Crippen molar-refractivity contribution in [1.82, 2.24) is 10.1 Å². The van der Waals surface area contributed by atoms with Gasteiger partial charge in [0.15, 0.2) is 0 Å². The zero-order valence-electron chi connectivity index (χ0n) is 10.1. The first-order valence-electron chi connectivity index (χ1n) is 5.59. The van der Waals surface area contributed by atoms with Crippen LogP contribution in [0, 0.1) is 6.92 Å². The van der Waals surface area contributed by atoms with Crippen LogP contribution in [0.5, 0.6) is 0 Å². The molecule has 0 aliphatic heterocycles. The van der Waals surface area contributed by atoms with Gasteiger partial charge < -0.3 is 10.3 Å². The van der Waals surface area contributed by atoms with Crippen LogP contribution in [0.3, 0.4) is 0 Å². The van der Waals surface area contributed by atoms with E-state index in [0.717, 1.165) is 26.2 Å². The van der Waals surface area contributed by atoms with Crippen molar-refractivity contribution in [3.05, 3.63) is 39.7 Å². The van der Waals surface area contributed by atoms with Crippen molar-refractivity contribution in [3.8, 4) is 22.2 Å². The highest BCUT2D eigenvalue weighted by molar-refractivity contribution is 9.10. The molecule has 96 valence electrons. The molecule has 0 fully saturated rings. The van der Waals surface area contributed by atoms with Crippen molar-refractivity contribution >= 4 is 33.0 Å². The van der Waals surface area contributed by atoms with Crippen LogP contribution in [-0.2, 0) is 0 Å². The minimum atomic E-state index is 0.490. The number of thiophene rings is 1. The van der Waals surface area contributed by atoms with E-state index in [9.17, 15) is 0 Å². The molecule has 6 heteroatoms. The van der Waals surface area contributed by atoms with Crippen LogP contribution in [-0.4, -0.2) is 10.1 Å². The molecule has 0 aliphatic carbocycles. The molecule has 4 nitrogen and oxygen atoms in total. The number of benzene rings is 1. The molecule has 0 saturated heterocycles. The highest BCUT2D eigenvalue weighted by atomic mass is 79.9. The van der Waals surface area contributed by atoms with Crippen molar-refractivity contribution in [2.24, 2.45) is 0 Å². The zero-order valence-corrected chi connectivity index (χ0v) is 12.5. The third kappa shape index (κ3) is 2.29. The number of halogens is 1. The first-order valence-corrected chi connectivity index (χ1v) is 7.26. The molecule has 0 saturated carbocycles. The predicted octanol–water partition coefficient (Wildman–Crippen LogP) is 4.12. The minimum Gasteiger partial charge on any atom is -0.398 e. The Morgan fingerprint density at radius 3 is 2.95 bits per heavy atom. The molecule has 2 heterocycles. The topological polar surface area (TPSA) is 64.9 Å². The molecule has 0 unspecified atom stereocenters. The SMILES string of the molecule is Cc1c(N)cccc1-c1nc(-c2cc(Br)cs2)no1. The Balaban J connectivity index is 2.04. The van der Waals surface area contributed by atoms with E-state index in [4.69, 9.17) is 10.3 Å². The molecule has 0 amide bonds. The molecular weight excluding hydrogens is 326 g/mol. The van der Waals surface area contributed by atoms with Crippen LogP contribution >= 0.6 is 27.3 Å². The Morgan fingerprint density at radius 2 is 2.21 bits per heavy atom. The molecule has 0 atom stereocenters. The molecular formula is C13H10BrN3OS. The van der Waals surface area contributed by atoms with Crippen LogP contribution in [0.15, 0.2) is 38.6 Å². The first-order chi connectivity index (χ1) is 9.15. The van der Waals surface area contributed by atoms with Crippen molar-refractivity contribution in [2.45, 2.75) is 6.92 Å². The second-order valence-electron chi connectivity index (χ2n) is 4.07. The summed E-state index contributed by atoms with van der Waals surface area (Å²) in [5.41, 5.74) is 8.42. The van der Waals surface area contributed by atoms with Crippen molar-refractivity contribution < 1.29 is 4.52 Å². The lowest BCUT2D eigenvalue weighted by molar-refractivity contribution is 0.432. The van der Waals surface area contributed by atoms with Gasteiger partial charge >= 0.3 is 0 Å². The van der Waals surface area contributed by atoms with Gasteiger partial charge in [-0.15, -0.1) is 11.3 Å². The van der Waals surface area contributed by atoms with Crippen LogP contribution in [0.2, 0.25) is 0 Å². The molecule has 0 radical (unpaired) electrons. The van der Waals surface area contributed by atoms with Gasteiger partial charge in [0.05, 0.1) is 4.88 Å². The monoisotopic (exact) mass is 335 g/mol. The van der Waals surface area contributed by atoms with E-state index in [0.29, 0.717) is 11.7 Å². The minimum absolute atomic E-state index is 0.490. The van der Waals surface area contributed by atoms with E-state index in [-0.39, 0.29) is 0 Å². The number of hydrogen-bond acceptors (Lipinski definition) is 5. The second kappa shape index (κ2) is 4.79. The Kier molecular flexibility index (Phi) is 3.12. The lowest BCUT2D eigenvalue weighted by Crippen LogP contribution is -1.91. The average Bonchev–Trinajstić information content (AvgIpc) is 3.01. The van der Waals surface area contributed by atoms with Crippen LogP contribution in [0.1, 0.15) is 5.56 Å². The smallest absolute Gasteiger partial charge is 0.258 e. The number of nitrogens with zero attached hydrogens (tertiary/aromatic N) is 2. The third-order valence-electron chi connectivity index (χ3n) is 2.82. The number of hydrogen-bond donors (Lipinski definition) is 1. The van der Waals surface area contributed by atoms with Crippen LogP contribution in [0.25, 0.3) is 22.2 Å². The fraction of sp³-hybridized carbons (Fsp3) is 0.0769. The average molecular weight is 336 g/mol. The molecule has 2 N–H and O–H groups in total. The summed E-state index contributed by atoms with van der Waals surface area (Å²) >= 11 is 4.97. The molecule has 0 spiro atoms. The highest BCUT2D eigenvalue weighted by Gasteiger charge is 2.14. The van der Waals surface area contributed by atoms with E-state index in [1.165, 1.54) is 0 Å². The van der Waals surface area contributed by atoms with Crippen molar-refractivity contribution in [2.75, 3.05) is 5.73 Å². The summed E-state index contributed by atoms with van der Waals surface area (Å²) < 4.78 is 6.34. The Bertz CT molecular complexity index is 735. The summed E-state index contributed by atoms with van der Waals surface area (Å²) in [6.07, 6.45) is 0. The second-order valence-corrected chi connectivity index (χ2v) is 5.90. The van der Waals surface area contributed by atoms with Crippen LogP contribution < -0.4 is 5.73 Å². The van der Waals surface area contributed by atoms with Crippen molar-refractivity contribution in [1.29, 1.82) is 0 Å². The van der Waals surface area contributed by atoms with Gasteiger partial charge in [-0.2, -0.15) is 4.98 Å². The lowest BCUT2D eigenvalue weighted by atomic mass is 10.1. The van der Waals surface area contributed by atoms with Gasteiger partial charge in [-0.25, -0.2) is 0 Å². The van der Waals surface area contributed by atoms with Gasteiger partial charge in [-0.3, -0.25) is 0 Å². The van der Waals surface area contributed by atoms with Gasteiger partial charge in [0.2, 0.25) is 5.82 Å². The standard InChI is InChI=1S/C13H10BrN3OS/c1-7-9(3-2-4-10(7)15)13-16-12(17-18-13)11-5-8(14)6-19-11/h2-6H,15H2,1H3. The van der Waals surface area contributed by atoms with Gasteiger partial charge in [0.1, 0.15) is 0 Å². The number of nitrogens with two attached hydrogens (primary N) is 1. The van der Waals surface area contributed by atoms with Gasteiger partial charge in [0, 0.05) is 21.1 Å². The Hall–Kier alpha value is -1.66. The van der Waals surface area contributed by atoms with E-state index < -0.39 is 0 Å². The fourth-order valence-corrected chi connectivity index (χ4v) is 3.10. The maximum Gasteiger partial charge on any atom is 0.258 e. The van der Waals surface area contributed by atoms with E-state index in [2.05, 4.69) is 26.1 Å². The predicted molar refractivity (Wildman–Crippen MR) is 79.9 cm³/mol. The van der Waals surface area contributed by atoms with E-state index >= 15 is 0 Å². The largest absolute Gasteiger partial charge is 0.398 e. The molecule has 0 aliphatic rings. The van der Waals surface area contributed by atoms with Gasteiger partial charge in [0.25, 0.3) is 5.89 Å². The first kappa shape index (κ1) is 12.4. The van der Waals surface area contributed by atoms with Gasteiger partial charge in [-0.05, 0) is 46.6 Å². The van der Waals surface area contributed by atoms with Gasteiger partial charge in [-0.1, -0.05) is 11.2 Å². The normalized spacial score (nSPS) is 10.8. The molecule has 3 aromatic rings. The third-order valence-corrected chi connectivity index (χ3v) is 4.51. The van der Waals surface area contributed by atoms with E-state index in [1.54, 1.807) is 11.3 Å². The molecule has 1 aromatic carbocycles. The maximum atomic E-state index is 5.89. The lowest BCUT2D eigenvalue weighted by Gasteiger charge is -2.02. The summed E-state index contributed by atoms with van der Waals surface area (Å²) in [7, 11) is 0. The maximum absolute atomic E-state index is 5.89. The fourth-order valence-electron chi connectivity index (χ4n) is 1.75. The summed E-state index contributed by atoms with van der Waals surface area (Å²) in [5, 5.41) is 5.99. The summed E-state index contributed by atoms with van der Waals surface area (Å²) in [6.45, 7) is 1.94. The molecule has 0 bridgehead atoms. The summed E-state index contributed by atoms with van der Waals surface area (Å²) in [4.78, 5) is 5.38. The molecule has 19 heavy (non-hydrogen) atoms. The summed E-state index contributed by atoms with van der Waals surface area (Å²) in [6, 6.07) is 7.62. The quantitative estimate of drug-likeness (QED) is 0.715.